The van der Waals surface area contributed by atoms with Gasteiger partial charge in [0.05, 0.1) is 18.8 Å². The van der Waals surface area contributed by atoms with E-state index in [1.165, 1.54) is 22.3 Å². The molecule has 2 fully saturated rings. The van der Waals surface area contributed by atoms with Crippen LogP contribution in [0.3, 0.4) is 0 Å². The average molecular weight is 393 g/mol. The lowest BCUT2D eigenvalue weighted by Crippen LogP contribution is -2.44. The third kappa shape index (κ3) is 3.04. The summed E-state index contributed by atoms with van der Waals surface area (Å²) in [5.41, 5.74) is 4.84. The highest BCUT2D eigenvalue weighted by molar-refractivity contribution is 5.79. The van der Waals surface area contributed by atoms with Gasteiger partial charge in [-0.15, -0.1) is 0 Å². The van der Waals surface area contributed by atoms with Gasteiger partial charge in [-0.25, -0.2) is 4.79 Å². The van der Waals surface area contributed by atoms with Crippen LogP contribution in [0.15, 0.2) is 48.5 Å². The Kier molecular flexibility index (Phi) is 4.80. The molecule has 0 unspecified atom stereocenters. The zero-order valence-corrected chi connectivity index (χ0v) is 16.7. The van der Waals surface area contributed by atoms with Gasteiger partial charge in [-0.3, -0.25) is 4.90 Å². The van der Waals surface area contributed by atoms with E-state index in [1.54, 1.807) is 4.90 Å². The lowest BCUT2D eigenvalue weighted by Gasteiger charge is -2.25. The molecule has 0 spiro atoms. The molecule has 0 saturated carbocycles. The second-order valence-corrected chi connectivity index (χ2v) is 8.36. The molecule has 5 rings (SSSR count). The highest BCUT2D eigenvalue weighted by atomic mass is 16.6. The van der Waals surface area contributed by atoms with E-state index in [1.807, 2.05) is 24.3 Å². The van der Waals surface area contributed by atoms with Crippen molar-refractivity contribution in [1.29, 1.82) is 0 Å². The fraction of sp³-hybridized carbons (Fsp3) is 0.458. The second-order valence-electron chi connectivity index (χ2n) is 8.36. The molecule has 0 bridgehead atoms. The molecule has 0 radical (unpaired) electrons. The number of ether oxygens (including phenoxy) is 2. The largest absolute Gasteiger partial charge is 0.448 e. The first-order chi connectivity index (χ1) is 14.2. The molecular formula is C24H27NO4. The maximum Gasteiger partial charge on any atom is 0.410 e. The summed E-state index contributed by atoms with van der Waals surface area (Å²) in [4.78, 5) is 14.7. The third-order valence-corrected chi connectivity index (χ3v) is 6.68. The molecule has 0 aromatic heterocycles. The van der Waals surface area contributed by atoms with Crippen molar-refractivity contribution in [2.75, 3.05) is 19.8 Å². The fourth-order valence-electron chi connectivity index (χ4n) is 5.40. The summed E-state index contributed by atoms with van der Waals surface area (Å²) in [5.74, 6) is 0.309. The van der Waals surface area contributed by atoms with Crippen LogP contribution in [0.2, 0.25) is 0 Å². The summed E-state index contributed by atoms with van der Waals surface area (Å²) < 4.78 is 11.6. The van der Waals surface area contributed by atoms with Gasteiger partial charge < -0.3 is 14.6 Å². The molecule has 3 aliphatic rings. The Morgan fingerprint density at radius 1 is 1.14 bits per heavy atom. The number of carbonyl (C=O) groups excluding carboxylic acids is 1. The van der Waals surface area contributed by atoms with Gasteiger partial charge in [-0.05, 0) is 28.7 Å². The Hall–Kier alpha value is -2.37. The first-order valence-electron chi connectivity index (χ1n) is 10.6. The SMILES string of the molecule is CCC[C@H]1CN(C(=O)OCC2c3ccccc3-c3ccccc32)[C@H]2[C@@H]1OC[C@@H]2O. The number of benzene rings is 2. The van der Waals surface area contributed by atoms with Crippen molar-refractivity contribution in [2.45, 2.75) is 43.9 Å². The highest BCUT2D eigenvalue weighted by Crippen LogP contribution is 2.44. The summed E-state index contributed by atoms with van der Waals surface area (Å²) >= 11 is 0. The molecule has 2 saturated heterocycles. The van der Waals surface area contributed by atoms with Gasteiger partial charge in [0.15, 0.2) is 0 Å². The smallest absolute Gasteiger partial charge is 0.410 e. The molecule has 2 aromatic carbocycles. The lowest BCUT2D eigenvalue weighted by molar-refractivity contribution is 0.0546. The summed E-state index contributed by atoms with van der Waals surface area (Å²) in [6.07, 6.45) is 0.963. The van der Waals surface area contributed by atoms with Gasteiger partial charge in [0, 0.05) is 18.4 Å². The minimum Gasteiger partial charge on any atom is -0.448 e. The van der Waals surface area contributed by atoms with E-state index < -0.39 is 6.10 Å². The topological polar surface area (TPSA) is 59.0 Å². The molecule has 5 nitrogen and oxygen atoms in total. The minimum atomic E-state index is -0.637. The van der Waals surface area contributed by atoms with Crippen molar-refractivity contribution < 1.29 is 19.4 Å². The number of rotatable bonds is 4. The Bertz CT molecular complexity index is 868. The van der Waals surface area contributed by atoms with E-state index in [9.17, 15) is 9.90 Å². The number of aliphatic hydroxyl groups is 1. The number of hydrogen-bond donors (Lipinski definition) is 1. The van der Waals surface area contributed by atoms with Gasteiger partial charge in [0.2, 0.25) is 0 Å². The Morgan fingerprint density at radius 2 is 1.79 bits per heavy atom. The number of hydrogen-bond acceptors (Lipinski definition) is 4. The average Bonchev–Trinajstić information content (AvgIpc) is 3.39. The van der Waals surface area contributed by atoms with Crippen molar-refractivity contribution >= 4 is 6.09 Å². The van der Waals surface area contributed by atoms with Crippen LogP contribution in [0.4, 0.5) is 4.79 Å². The zero-order chi connectivity index (χ0) is 20.0. The number of aliphatic hydroxyl groups excluding tert-OH is 1. The molecule has 2 heterocycles. The fourth-order valence-corrected chi connectivity index (χ4v) is 5.40. The van der Waals surface area contributed by atoms with Crippen LogP contribution in [0.5, 0.6) is 0 Å². The molecule has 5 heteroatoms. The normalized spacial score (nSPS) is 27.6. The Labute approximate surface area is 171 Å². The van der Waals surface area contributed by atoms with Gasteiger partial charge in [0.1, 0.15) is 12.7 Å². The summed E-state index contributed by atoms with van der Waals surface area (Å²) in [6.45, 7) is 3.33. The van der Waals surface area contributed by atoms with Crippen molar-refractivity contribution in [2.24, 2.45) is 5.92 Å². The predicted octanol–water partition coefficient (Wildman–Crippen LogP) is 3.80. The maximum absolute atomic E-state index is 13.0. The zero-order valence-electron chi connectivity index (χ0n) is 16.7. The van der Waals surface area contributed by atoms with Crippen LogP contribution in [-0.2, 0) is 9.47 Å². The summed E-state index contributed by atoms with van der Waals surface area (Å²) in [6, 6.07) is 16.4. The van der Waals surface area contributed by atoms with Crippen molar-refractivity contribution in [3.8, 4) is 11.1 Å². The van der Waals surface area contributed by atoms with Gasteiger partial charge in [-0.1, -0.05) is 61.9 Å². The first kappa shape index (κ1) is 18.6. The molecule has 1 aliphatic carbocycles. The quantitative estimate of drug-likeness (QED) is 0.859. The van der Waals surface area contributed by atoms with Crippen LogP contribution in [0.25, 0.3) is 11.1 Å². The minimum absolute atomic E-state index is 0.0425. The molecule has 2 aromatic rings. The third-order valence-electron chi connectivity index (χ3n) is 6.68. The van der Waals surface area contributed by atoms with E-state index in [-0.39, 0.29) is 30.1 Å². The van der Waals surface area contributed by atoms with Crippen LogP contribution in [-0.4, -0.2) is 54.1 Å². The Balaban J connectivity index is 1.33. The first-order valence-corrected chi connectivity index (χ1v) is 10.6. The van der Waals surface area contributed by atoms with Crippen LogP contribution >= 0.6 is 0 Å². The monoisotopic (exact) mass is 393 g/mol. The van der Waals surface area contributed by atoms with Gasteiger partial charge in [-0.2, -0.15) is 0 Å². The van der Waals surface area contributed by atoms with Crippen LogP contribution in [0, 0.1) is 5.92 Å². The number of amides is 1. The van der Waals surface area contributed by atoms with E-state index in [0.717, 1.165) is 12.8 Å². The summed E-state index contributed by atoms with van der Waals surface area (Å²) in [7, 11) is 0. The molecule has 1 amide bonds. The predicted molar refractivity (Wildman–Crippen MR) is 110 cm³/mol. The standard InChI is InChI=1S/C24H27NO4/c1-2-7-15-12-25(22-21(26)14-28-23(15)22)24(27)29-13-20-18-10-5-3-8-16(18)17-9-4-6-11-19(17)20/h3-6,8-11,15,20-23,26H,2,7,12-14H2,1H3/t15-,21-,22+,23+/m0/s1. The summed E-state index contributed by atoms with van der Waals surface area (Å²) in [5, 5.41) is 10.4. The number of nitrogens with zero attached hydrogens (tertiary/aromatic N) is 1. The molecule has 152 valence electrons. The van der Waals surface area contributed by atoms with Crippen molar-refractivity contribution in [3.63, 3.8) is 0 Å². The number of carbonyl (C=O) groups is 1. The van der Waals surface area contributed by atoms with E-state index in [2.05, 4.69) is 31.2 Å². The lowest BCUT2D eigenvalue weighted by atomic mass is 9.97. The van der Waals surface area contributed by atoms with Gasteiger partial charge >= 0.3 is 6.09 Å². The maximum atomic E-state index is 13.0. The van der Waals surface area contributed by atoms with E-state index in [0.29, 0.717) is 19.8 Å². The van der Waals surface area contributed by atoms with Crippen LogP contribution < -0.4 is 0 Å². The van der Waals surface area contributed by atoms with Crippen LogP contribution in [0.1, 0.15) is 36.8 Å². The molecule has 2 aliphatic heterocycles. The Morgan fingerprint density at radius 3 is 2.45 bits per heavy atom. The highest BCUT2D eigenvalue weighted by Gasteiger charge is 2.52. The molecular weight excluding hydrogens is 366 g/mol. The van der Waals surface area contributed by atoms with Crippen molar-refractivity contribution in [1.82, 2.24) is 4.90 Å². The van der Waals surface area contributed by atoms with E-state index >= 15 is 0 Å². The number of fused-ring (bicyclic) bond motifs is 4. The molecule has 4 atom stereocenters. The molecule has 1 N–H and O–H groups in total. The second kappa shape index (κ2) is 7.47. The van der Waals surface area contributed by atoms with E-state index in [4.69, 9.17) is 9.47 Å². The van der Waals surface area contributed by atoms with Gasteiger partial charge in [0.25, 0.3) is 0 Å². The number of likely N-dealkylation sites (tertiary alicyclic amines) is 1. The molecule has 29 heavy (non-hydrogen) atoms. The van der Waals surface area contributed by atoms with Crippen molar-refractivity contribution in [3.05, 3.63) is 59.7 Å².